The number of benzene rings is 10. The molecule has 2 atom stereocenters. The number of aromatic amines is 2. The van der Waals surface area contributed by atoms with Crippen molar-refractivity contribution in [2.75, 3.05) is 0 Å². The molecule has 0 spiro atoms. The van der Waals surface area contributed by atoms with Gasteiger partial charge >= 0.3 is 0 Å². The van der Waals surface area contributed by atoms with Crippen molar-refractivity contribution in [3.05, 3.63) is 192 Å². The number of aromatic nitrogens is 2. The number of hydrogen-bond donors (Lipinski definition) is 3. The molecule has 10 aromatic carbocycles. The van der Waals surface area contributed by atoms with Crippen LogP contribution in [0, 0.1) is 0 Å². The molecule has 0 saturated heterocycles. The van der Waals surface area contributed by atoms with E-state index in [4.69, 9.17) is 0 Å². The van der Waals surface area contributed by atoms with Crippen LogP contribution in [-0.4, -0.2) is 15.1 Å². The number of nitrogens with one attached hydrogen (secondary N) is 2. The van der Waals surface area contributed by atoms with Crippen LogP contribution in [-0.2, 0) is 6.42 Å². The highest BCUT2D eigenvalue weighted by atomic mass is 16.3. The van der Waals surface area contributed by atoms with Gasteiger partial charge in [0.1, 0.15) is 6.10 Å². The van der Waals surface area contributed by atoms with Gasteiger partial charge in [-0.1, -0.05) is 140 Å². The van der Waals surface area contributed by atoms with E-state index in [9.17, 15) is 5.11 Å². The summed E-state index contributed by atoms with van der Waals surface area (Å²) < 4.78 is 0. The normalized spacial score (nSPS) is 13.6. The van der Waals surface area contributed by atoms with Gasteiger partial charge in [-0.05, 0) is 105 Å². The molecule has 2 heterocycles. The first-order valence-corrected chi connectivity index (χ1v) is 18.9. The predicted molar refractivity (Wildman–Crippen MR) is 226 cm³/mol. The molecular weight excluding hydrogens is 657 g/mol. The van der Waals surface area contributed by atoms with E-state index in [0.29, 0.717) is 0 Å². The van der Waals surface area contributed by atoms with E-state index in [-0.39, 0.29) is 5.92 Å². The molecule has 0 amide bonds. The Labute approximate surface area is 310 Å². The van der Waals surface area contributed by atoms with Gasteiger partial charge in [-0.3, -0.25) is 0 Å². The Kier molecular flexibility index (Phi) is 6.17. The lowest BCUT2D eigenvalue weighted by Gasteiger charge is -2.23. The number of para-hydroxylation sites is 1. The summed E-state index contributed by atoms with van der Waals surface area (Å²) in [6.45, 7) is 0. The molecule has 2 unspecified atom stereocenters. The summed E-state index contributed by atoms with van der Waals surface area (Å²) in [6.07, 6.45) is 4.18. The van der Waals surface area contributed by atoms with Gasteiger partial charge in [-0.2, -0.15) is 0 Å². The first-order valence-electron chi connectivity index (χ1n) is 18.9. The zero-order chi connectivity index (χ0) is 35.5. The molecule has 0 saturated carbocycles. The van der Waals surface area contributed by atoms with E-state index < -0.39 is 6.10 Å². The molecule has 0 aliphatic heterocycles. The maximum Gasteiger partial charge on any atom is 0.107 e. The summed E-state index contributed by atoms with van der Waals surface area (Å²) >= 11 is 0. The minimum absolute atomic E-state index is 0.0470. The van der Waals surface area contributed by atoms with Crippen molar-refractivity contribution >= 4 is 86.4 Å². The summed E-state index contributed by atoms with van der Waals surface area (Å²) in [5.41, 5.74) is 7.81. The van der Waals surface area contributed by atoms with Gasteiger partial charge < -0.3 is 15.1 Å². The van der Waals surface area contributed by atoms with Gasteiger partial charge in [0.2, 0.25) is 0 Å². The molecule has 0 bridgehead atoms. The van der Waals surface area contributed by atoms with E-state index in [1.54, 1.807) is 0 Å². The SMILES string of the molecule is OC(c1ccc2ccc3cccc4ccc1c2c34)c1c[nH]c2cccc(CC(c3c[nH]c4ccccc34)c3ccc4ccc5cccc6ccc3c4c56)c12. The van der Waals surface area contributed by atoms with Gasteiger partial charge in [0, 0.05) is 45.7 Å². The van der Waals surface area contributed by atoms with Crippen molar-refractivity contribution in [2.45, 2.75) is 18.4 Å². The van der Waals surface area contributed by atoms with Crippen LogP contribution in [0.15, 0.2) is 164 Å². The first kappa shape index (κ1) is 29.9. The number of hydrogen-bond acceptors (Lipinski definition) is 1. The Balaban J connectivity index is 1.06. The molecule has 254 valence electrons. The molecule has 12 aromatic rings. The molecule has 0 fully saturated rings. The molecule has 3 nitrogen and oxygen atoms in total. The summed E-state index contributed by atoms with van der Waals surface area (Å²) in [5, 5.41) is 29.8. The fraction of sp³-hybridized carbons (Fsp3) is 0.0588. The van der Waals surface area contributed by atoms with Gasteiger partial charge in [0.15, 0.2) is 0 Å². The molecule has 3 N–H and O–H groups in total. The van der Waals surface area contributed by atoms with Crippen LogP contribution >= 0.6 is 0 Å². The molecule has 2 aromatic heterocycles. The van der Waals surface area contributed by atoms with Crippen molar-refractivity contribution in [3.8, 4) is 0 Å². The maximum absolute atomic E-state index is 12.5. The Morgan fingerprint density at radius 1 is 0.370 bits per heavy atom. The van der Waals surface area contributed by atoms with Crippen LogP contribution in [0.1, 0.15) is 39.8 Å². The van der Waals surface area contributed by atoms with Gasteiger partial charge in [-0.15, -0.1) is 0 Å². The Bertz CT molecular complexity index is 3370. The van der Waals surface area contributed by atoms with E-state index >= 15 is 0 Å². The molecule has 0 aliphatic carbocycles. The Hall–Kier alpha value is -6.68. The summed E-state index contributed by atoms with van der Waals surface area (Å²) in [6, 6.07) is 55.2. The monoisotopic (exact) mass is 690 g/mol. The molecule has 3 heteroatoms. The van der Waals surface area contributed by atoms with Crippen molar-refractivity contribution in [3.63, 3.8) is 0 Å². The zero-order valence-corrected chi connectivity index (χ0v) is 29.4. The number of rotatable bonds is 6. The lowest BCUT2D eigenvalue weighted by molar-refractivity contribution is 0.223. The topological polar surface area (TPSA) is 51.8 Å². The quantitative estimate of drug-likeness (QED) is 0.149. The van der Waals surface area contributed by atoms with Gasteiger partial charge in [-0.25, -0.2) is 0 Å². The summed E-state index contributed by atoms with van der Waals surface area (Å²) in [7, 11) is 0. The third-order valence-electron chi connectivity index (χ3n) is 12.3. The Morgan fingerprint density at radius 2 is 0.870 bits per heavy atom. The molecule has 54 heavy (non-hydrogen) atoms. The number of aliphatic hydroxyl groups is 1. The van der Waals surface area contributed by atoms with Gasteiger partial charge in [0.05, 0.1) is 0 Å². The van der Waals surface area contributed by atoms with Gasteiger partial charge in [0.25, 0.3) is 0 Å². The van der Waals surface area contributed by atoms with E-state index in [0.717, 1.165) is 39.4 Å². The second kappa shape index (κ2) is 11.2. The van der Waals surface area contributed by atoms with E-state index in [1.807, 2.05) is 6.20 Å². The first-order chi connectivity index (χ1) is 26.7. The number of fused-ring (bicyclic) bond motifs is 2. The fourth-order valence-corrected chi connectivity index (χ4v) is 9.89. The maximum atomic E-state index is 12.5. The minimum atomic E-state index is -0.814. The van der Waals surface area contributed by atoms with Crippen molar-refractivity contribution in [1.82, 2.24) is 9.97 Å². The summed E-state index contributed by atoms with van der Waals surface area (Å²) in [5.74, 6) is 0.0470. The number of aliphatic hydroxyl groups excluding tert-OH is 1. The molecular formula is C51H34N2O. The lowest BCUT2D eigenvalue weighted by atomic mass is 9.80. The fourth-order valence-electron chi connectivity index (χ4n) is 9.89. The number of H-pyrrole nitrogens is 2. The average molecular weight is 691 g/mol. The molecule has 0 radical (unpaired) electrons. The van der Waals surface area contributed by atoms with Crippen LogP contribution in [0.2, 0.25) is 0 Å². The van der Waals surface area contributed by atoms with Crippen LogP contribution in [0.3, 0.4) is 0 Å². The van der Waals surface area contributed by atoms with Crippen molar-refractivity contribution in [1.29, 1.82) is 0 Å². The molecule has 12 rings (SSSR count). The Morgan fingerprint density at radius 3 is 1.56 bits per heavy atom. The highest BCUT2D eigenvalue weighted by Crippen LogP contribution is 2.45. The van der Waals surface area contributed by atoms with Crippen LogP contribution in [0.5, 0.6) is 0 Å². The smallest absolute Gasteiger partial charge is 0.107 e. The minimum Gasteiger partial charge on any atom is -0.384 e. The van der Waals surface area contributed by atoms with Crippen LogP contribution in [0.25, 0.3) is 86.4 Å². The predicted octanol–water partition coefficient (Wildman–Crippen LogP) is 12.9. The standard InChI is InChI=1S/C51H34N2O/c54-51(40-25-21-34-17-15-30-7-4-9-32-20-24-39(40)50(34)47(30)32)43-28-53-45-13-5-10-35(48(43)45)26-41(42-27-52-44-12-2-1-11-37(42)44)36-22-18-33-16-14-29-6-3-8-31-19-23-38(36)49(33)46(29)31/h1-25,27-28,41,51-54H,26H2. The van der Waals surface area contributed by atoms with Crippen molar-refractivity contribution in [2.24, 2.45) is 0 Å². The highest BCUT2D eigenvalue weighted by Gasteiger charge is 2.26. The largest absolute Gasteiger partial charge is 0.384 e. The second-order valence-corrected chi connectivity index (χ2v) is 15.1. The third kappa shape index (κ3) is 4.16. The van der Waals surface area contributed by atoms with Crippen molar-refractivity contribution < 1.29 is 5.11 Å². The average Bonchev–Trinajstić information content (AvgIpc) is 3.86. The van der Waals surface area contributed by atoms with E-state index in [1.165, 1.54) is 81.3 Å². The lowest BCUT2D eigenvalue weighted by Crippen LogP contribution is -2.07. The van der Waals surface area contributed by atoms with Crippen LogP contribution < -0.4 is 0 Å². The second-order valence-electron chi connectivity index (χ2n) is 15.1. The molecule has 0 aliphatic rings. The zero-order valence-electron chi connectivity index (χ0n) is 29.4. The van der Waals surface area contributed by atoms with Crippen LogP contribution in [0.4, 0.5) is 0 Å². The summed E-state index contributed by atoms with van der Waals surface area (Å²) in [4.78, 5) is 7.15. The van der Waals surface area contributed by atoms with E-state index in [2.05, 4.69) is 168 Å². The third-order valence-corrected chi connectivity index (χ3v) is 12.3. The highest BCUT2D eigenvalue weighted by molar-refractivity contribution is 6.25.